The van der Waals surface area contributed by atoms with Crippen LogP contribution in [0.15, 0.2) is 54.7 Å². The summed E-state index contributed by atoms with van der Waals surface area (Å²) in [6.45, 7) is 1.84. The summed E-state index contributed by atoms with van der Waals surface area (Å²) in [7, 11) is 1.32. The molecule has 0 spiro atoms. The quantitative estimate of drug-likeness (QED) is 0.378. The molecule has 1 saturated carbocycles. The van der Waals surface area contributed by atoms with Crippen molar-refractivity contribution < 1.29 is 14.3 Å². The number of nitrogens with zero attached hydrogens (tertiary/aromatic N) is 4. The fourth-order valence-corrected chi connectivity index (χ4v) is 4.46. The predicted molar refractivity (Wildman–Crippen MR) is 132 cm³/mol. The maximum atomic E-state index is 13.7. The first kappa shape index (κ1) is 23.0. The van der Waals surface area contributed by atoms with Gasteiger partial charge in [0.05, 0.1) is 36.2 Å². The van der Waals surface area contributed by atoms with Crippen LogP contribution in [-0.4, -0.2) is 38.7 Å². The molecular weight excluding hydrogens is 466 g/mol. The maximum absolute atomic E-state index is 13.7. The highest BCUT2D eigenvalue weighted by Gasteiger charge is 2.30. The molecule has 1 N–H and O–H groups in total. The molecule has 1 amide bonds. The van der Waals surface area contributed by atoms with Gasteiger partial charge in [0.2, 0.25) is 0 Å². The van der Waals surface area contributed by atoms with Crippen molar-refractivity contribution in [1.82, 2.24) is 25.1 Å². The Bertz CT molecular complexity index is 1420. The standard InChI is InChI=1S/C26H24ClN5O3/c1-15-24-18(26(34)30-21(14-23(33)35-2)17-7-3-4-8-19(17)27)13-20(16-10-11-16)29-25(24)32(31-15)22-9-5-6-12-28-22/h3-9,12-13,16,21H,10-11,14H2,1-2H3,(H,30,34). The lowest BCUT2D eigenvalue weighted by molar-refractivity contribution is -0.141. The van der Waals surface area contributed by atoms with Gasteiger partial charge in [0.25, 0.3) is 5.91 Å². The Labute approximate surface area is 207 Å². The number of amides is 1. The lowest BCUT2D eigenvalue weighted by Crippen LogP contribution is -2.31. The van der Waals surface area contributed by atoms with Crippen molar-refractivity contribution in [2.75, 3.05) is 7.11 Å². The molecular formula is C26H24ClN5O3. The predicted octanol–water partition coefficient (Wildman–Crippen LogP) is 4.69. The number of methoxy groups -OCH3 is 1. The molecule has 0 aliphatic heterocycles. The molecule has 0 bridgehead atoms. The average molecular weight is 490 g/mol. The lowest BCUT2D eigenvalue weighted by Gasteiger charge is -2.20. The minimum absolute atomic E-state index is 0.0537. The van der Waals surface area contributed by atoms with Gasteiger partial charge in [-0.15, -0.1) is 0 Å². The molecule has 1 unspecified atom stereocenters. The number of nitrogens with one attached hydrogen (secondary N) is 1. The summed E-state index contributed by atoms with van der Waals surface area (Å²) in [6, 6.07) is 13.9. The third-order valence-electron chi connectivity index (χ3n) is 6.12. The normalized spacial score (nSPS) is 14.0. The SMILES string of the molecule is COC(=O)CC(NC(=O)c1cc(C2CC2)nc2c1c(C)nn2-c1ccccn1)c1ccccc1Cl. The van der Waals surface area contributed by atoms with Gasteiger partial charge in [-0.1, -0.05) is 35.9 Å². The van der Waals surface area contributed by atoms with Crippen molar-refractivity contribution in [3.63, 3.8) is 0 Å². The van der Waals surface area contributed by atoms with Crippen molar-refractivity contribution in [3.05, 3.63) is 82.3 Å². The molecule has 1 atom stereocenters. The minimum Gasteiger partial charge on any atom is -0.469 e. The number of hydrogen-bond acceptors (Lipinski definition) is 6. The molecule has 0 saturated heterocycles. The first-order valence-corrected chi connectivity index (χ1v) is 11.8. The van der Waals surface area contributed by atoms with E-state index in [-0.39, 0.29) is 12.3 Å². The number of halogens is 1. The molecule has 3 aromatic heterocycles. The van der Waals surface area contributed by atoms with E-state index in [0.29, 0.717) is 44.6 Å². The van der Waals surface area contributed by atoms with Crippen LogP contribution in [0.4, 0.5) is 0 Å². The number of esters is 1. The topological polar surface area (TPSA) is 99.0 Å². The molecule has 9 heteroatoms. The number of hydrogen-bond donors (Lipinski definition) is 1. The summed E-state index contributed by atoms with van der Waals surface area (Å²) < 4.78 is 6.54. The molecule has 5 rings (SSSR count). The zero-order valence-electron chi connectivity index (χ0n) is 19.4. The Kier molecular flexibility index (Phi) is 6.21. The number of ether oxygens (including phenoxy) is 1. The number of benzene rings is 1. The first-order valence-electron chi connectivity index (χ1n) is 11.4. The number of carbonyl (C=O) groups excluding carboxylic acids is 2. The van der Waals surface area contributed by atoms with Crippen LogP contribution in [0.5, 0.6) is 0 Å². The molecule has 1 aliphatic carbocycles. The second-order valence-corrected chi connectivity index (χ2v) is 8.99. The molecule has 178 valence electrons. The molecule has 4 aromatic rings. The first-order chi connectivity index (χ1) is 17.0. The van der Waals surface area contributed by atoms with Crippen molar-refractivity contribution in [1.29, 1.82) is 0 Å². The van der Waals surface area contributed by atoms with Crippen LogP contribution >= 0.6 is 11.6 Å². The van der Waals surface area contributed by atoms with Crippen molar-refractivity contribution in [2.45, 2.75) is 38.1 Å². The van der Waals surface area contributed by atoms with Gasteiger partial charge in [0, 0.05) is 22.8 Å². The molecule has 1 aliphatic rings. The number of carbonyl (C=O) groups is 2. The summed E-state index contributed by atoms with van der Waals surface area (Å²) in [5, 5.41) is 8.76. The van der Waals surface area contributed by atoms with Crippen LogP contribution < -0.4 is 5.32 Å². The number of aryl methyl sites for hydroxylation is 1. The van der Waals surface area contributed by atoms with E-state index in [2.05, 4.69) is 15.4 Å². The number of fused-ring (bicyclic) bond motifs is 1. The van der Waals surface area contributed by atoms with Crippen molar-refractivity contribution >= 4 is 34.5 Å². The summed E-state index contributed by atoms with van der Waals surface area (Å²) in [5.74, 6) is 0.148. The Morgan fingerprint density at radius 1 is 1.20 bits per heavy atom. The van der Waals surface area contributed by atoms with E-state index >= 15 is 0 Å². The Morgan fingerprint density at radius 2 is 1.97 bits per heavy atom. The molecule has 0 radical (unpaired) electrons. The maximum Gasteiger partial charge on any atom is 0.307 e. The minimum atomic E-state index is -0.664. The van der Waals surface area contributed by atoms with Crippen LogP contribution in [0.1, 0.15) is 58.5 Å². The van der Waals surface area contributed by atoms with Gasteiger partial charge in [0.15, 0.2) is 11.5 Å². The third-order valence-corrected chi connectivity index (χ3v) is 6.47. The zero-order chi connectivity index (χ0) is 24.5. The Balaban J connectivity index is 1.60. The van der Waals surface area contributed by atoms with Gasteiger partial charge in [0.1, 0.15) is 0 Å². The van der Waals surface area contributed by atoms with Gasteiger partial charge >= 0.3 is 5.97 Å². The third kappa shape index (κ3) is 4.61. The van der Waals surface area contributed by atoms with Gasteiger partial charge in [-0.05, 0) is 49.6 Å². The summed E-state index contributed by atoms with van der Waals surface area (Å²) in [5.41, 5.74) is 3.19. The van der Waals surface area contributed by atoms with E-state index in [1.54, 1.807) is 29.1 Å². The Hall–Kier alpha value is -3.78. The molecule has 8 nitrogen and oxygen atoms in total. The van der Waals surface area contributed by atoms with Gasteiger partial charge in [-0.25, -0.2) is 9.97 Å². The van der Waals surface area contributed by atoms with E-state index < -0.39 is 12.0 Å². The fraction of sp³-hybridized carbons (Fsp3) is 0.269. The van der Waals surface area contributed by atoms with Crippen LogP contribution in [-0.2, 0) is 9.53 Å². The fourth-order valence-electron chi connectivity index (χ4n) is 4.20. The average Bonchev–Trinajstić information content (AvgIpc) is 3.67. The van der Waals surface area contributed by atoms with Crippen LogP contribution in [0.2, 0.25) is 5.02 Å². The number of aromatic nitrogens is 4. The van der Waals surface area contributed by atoms with Gasteiger partial charge in [-0.3, -0.25) is 9.59 Å². The molecule has 35 heavy (non-hydrogen) atoms. The second-order valence-electron chi connectivity index (χ2n) is 8.58. The van der Waals surface area contributed by atoms with Gasteiger partial charge < -0.3 is 10.1 Å². The number of pyridine rings is 2. The summed E-state index contributed by atoms with van der Waals surface area (Å²) in [6.07, 6.45) is 3.70. The monoisotopic (exact) mass is 489 g/mol. The highest BCUT2D eigenvalue weighted by Crippen LogP contribution is 2.41. The highest BCUT2D eigenvalue weighted by molar-refractivity contribution is 6.31. The van der Waals surface area contributed by atoms with E-state index in [9.17, 15) is 9.59 Å². The van der Waals surface area contributed by atoms with Crippen LogP contribution in [0.3, 0.4) is 0 Å². The van der Waals surface area contributed by atoms with E-state index in [4.69, 9.17) is 21.3 Å². The lowest BCUT2D eigenvalue weighted by atomic mass is 10.0. The second kappa shape index (κ2) is 9.46. The van der Waals surface area contributed by atoms with Crippen molar-refractivity contribution in [3.8, 4) is 5.82 Å². The van der Waals surface area contributed by atoms with Crippen LogP contribution in [0, 0.1) is 6.92 Å². The van der Waals surface area contributed by atoms with E-state index in [1.807, 2.05) is 37.3 Å². The summed E-state index contributed by atoms with van der Waals surface area (Å²) >= 11 is 6.41. The molecule has 1 aromatic carbocycles. The summed E-state index contributed by atoms with van der Waals surface area (Å²) in [4.78, 5) is 35.2. The smallest absolute Gasteiger partial charge is 0.307 e. The molecule has 3 heterocycles. The van der Waals surface area contributed by atoms with Crippen molar-refractivity contribution in [2.24, 2.45) is 0 Å². The molecule has 1 fully saturated rings. The van der Waals surface area contributed by atoms with E-state index in [1.165, 1.54) is 7.11 Å². The van der Waals surface area contributed by atoms with E-state index in [0.717, 1.165) is 18.5 Å². The largest absolute Gasteiger partial charge is 0.469 e. The zero-order valence-corrected chi connectivity index (χ0v) is 20.1. The Morgan fingerprint density at radius 3 is 2.66 bits per heavy atom. The number of rotatable bonds is 7. The highest BCUT2D eigenvalue weighted by atomic mass is 35.5. The van der Waals surface area contributed by atoms with Crippen LogP contribution in [0.25, 0.3) is 16.9 Å². The van der Waals surface area contributed by atoms with Gasteiger partial charge in [-0.2, -0.15) is 9.78 Å².